The van der Waals surface area contributed by atoms with Crippen LogP contribution >= 0.6 is 0 Å². The van der Waals surface area contributed by atoms with Crippen molar-refractivity contribution in [3.8, 4) is 5.75 Å². The van der Waals surface area contributed by atoms with Gasteiger partial charge in [-0.3, -0.25) is 10.1 Å². The lowest BCUT2D eigenvalue weighted by atomic mass is 10.2. The first kappa shape index (κ1) is 24.5. The van der Waals surface area contributed by atoms with Gasteiger partial charge in [-0.25, -0.2) is 13.2 Å². The summed E-state index contributed by atoms with van der Waals surface area (Å²) in [6, 6.07) is 7.90. The van der Waals surface area contributed by atoms with Gasteiger partial charge < -0.3 is 10.1 Å². The lowest BCUT2D eigenvalue weighted by Crippen LogP contribution is -2.47. The highest BCUT2D eigenvalue weighted by atomic mass is 32.2. The fourth-order valence-electron chi connectivity index (χ4n) is 3.15. The van der Waals surface area contributed by atoms with Crippen LogP contribution in [0, 0.1) is 0 Å². The lowest BCUT2D eigenvalue weighted by molar-refractivity contribution is -0.137. The summed E-state index contributed by atoms with van der Waals surface area (Å²) in [6.45, 7) is 3.10. The van der Waals surface area contributed by atoms with Crippen LogP contribution in [0.15, 0.2) is 53.4 Å². The largest absolute Gasteiger partial charge is 0.489 e. The molecule has 33 heavy (non-hydrogen) atoms. The SMILES string of the molecule is CC(C)N(C[C@@H]1NC(=O)NC1=O)S(=O)(=O)c1ccc(COc2ccc(C(F)(F)F)cc2)cc1. The molecular formula is C21H22F3N3O5S. The molecule has 0 spiro atoms. The van der Waals surface area contributed by atoms with E-state index in [0.717, 1.165) is 16.4 Å². The Morgan fingerprint density at radius 1 is 1.03 bits per heavy atom. The Hall–Kier alpha value is -3.12. The van der Waals surface area contributed by atoms with E-state index in [4.69, 9.17) is 4.74 Å². The van der Waals surface area contributed by atoms with E-state index in [1.165, 1.54) is 36.4 Å². The Balaban J connectivity index is 1.68. The number of carbonyl (C=O) groups is 2. The number of nitrogens with zero attached hydrogens (tertiary/aromatic N) is 1. The average molecular weight is 485 g/mol. The Labute approximate surface area is 188 Å². The van der Waals surface area contributed by atoms with E-state index in [-0.39, 0.29) is 23.8 Å². The number of alkyl halides is 3. The van der Waals surface area contributed by atoms with Gasteiger partial charge in [0.2, 0.25) is 10.0 Å². The topological polar surface area (TPSA) is 105 Å². The molecule has 0 saturated carbocycles. The number of halogens is 3. The van der Waals surface area contributed by atoms with Crippen molar-refractivity contribution in [2.45, 2.75) is 43.6 Å². The zero-order valence-corrected chi connectivity index (χ0v) is 18.5. The van der Waals surface area contributed by atoms with Gasteiger partial charge in [0.1, 0.15) is 18.4 Å². The van der Waals surface area contributed by atoms with Crippen molar-refractivity contribution in [1.82, 2.24) is 14.9 Å². The van der Waals surface area contributed by atoms with Gasteiger partial charge in [-0.05, 0) is 55.8 Å². The molecule has 8 nitrogen and oxygen atoms in total. The predicted molar refractivity (Wildman–Crippen MR) is 112 cm³/mol. The minimum Gasteiger partial charge on any atom is -0.489 e. The van der Waals surface area contributed by atoms with Gasteiger partial charge in [0.15, 0.2) is 0 Å². The molecule has 12 heteroatoms. The summed E-state index contributed by atoms with van der Waals surface area (Å²) in [7, 11) is -3.98. The van der Waals surface area contributed by atoms with Crippen LogP contribution in [0.1, 0.15) is 25.0 Å². The molecule has 0 unspecified atom stereocenters. The van der Waals surface area contributed by atoms with E-state index < -0.39 is 45.8 Å². The second-order valence-electron chi connectivity index (χ2n) is 7.64. The molecule has 178 valence electrons. The van der Waals surface area contributed by atoms with Gasteiger partial charge in [0.05, 0.1) is 10.5 Å². The highest BCUT2D eigenvalue weighted by molar-refractivity contribution is 7.89. The van der Waals surface area contributed by atoms with Gasteiger partial charge in [0.25, 0.3) is 5.91 Å². The summed E-state index contributed by atoms with van der Waals surface area (Å²) in [6.07, 6.45) is -4.43. The predicted octanol–water partition coefficient (Wildman–Crippen LogP) is 2.89. The number of rotatable bonds is 8. The minimum absolute atomic E-state index is 0.0146. The Kier molecular flexibility index (Phi) is 6.98. The number of amides is 3. The molecule has 0 radical (unpaired) electrons. The molecule has 1 saturated heterocycles. The van der Waals surface area contributed by atoms with Crippen LogP contribution in [0.3, 0.4) is 0 Å². The fraction of sp³-hybridized carbons (Fsp3) is 0.333. The normalized spacial score (nSPS) is 16.8. The third kappa shape index (κ3) is 5.82. The number of benzene rings is 2. The molecule has 2 aromatic rings. The van der Waals surface area contributed by atoms with E-state index in [0.29, 0.717) is 5.56 Å². The van der Waals surface area contributed by atoms with E-state index in [2.05, 4.69) is 10.6 Å². The highest BCUT2D eigenvalue weighted by Gasteiger charge is 2.36. The number of sulfonamides is 1. The van der Waals surface area contributed by atoms with Crippen molar-refractivity contribution in [3.05, 3.63) is 59.7 Å². The van der Waals surface area contributed by atoms with Gasteiger partial charge in [-0.1, -0.05) is 12.1 Å². The molecule has 0 bridgehead atoms. The molecule has 1 atom stereocenters. The Morgan fingerprint density at radius 2 is 1.64 bits per heavy atom. The maximum atomic E-state index is 13.1. The molecule has 1 heterocycles. The summed E-state index contributed by atoms with van der Waals surface area (Å²) >= 11 is 0. The number of carbonyl (C=O) groups excluding carboxylic acids is 2. The van der Waals surface area contributed by atoms with Crippen molar-refractivity contribution in [2.75, 3.05) is 6.54 Å². The second-order valence-corrected chi connectivity index (χ2v) is 9.53. The van der Waals surface area contributed by atoms with Crippen molar-refractivity contribution in [2.24, 2.45) is 0 Å². The molecule has 1 fully saturated rings. The number of imide groups is 1. The van der Waals surface area contributed by atoms with Crippen molar-refractivity contribution in [1.29, 1.82) is 0 Å². The van der Waals surface area contributed by atoms with Crippen LogP contribution in [0.5, 0.6) is 5.75 Å². The molecular weight excluding hydrogens is 463 g/mol. The first-order valence-corrected chi connectivity index (χ1v) is 11.3. The zero-order chi connectivity index (χ0) is 24.4. The van der Waals surface area contributed by atoms with Crippen LogP contribution in [0.25, 0.3) is 0 Å². The van der Waals surface area contributed by atoms with E-state index in [1.54, 1.807) is 13.8 Å². The standard InChI is InChI=1S/C21H22F3N3O5S/c1-13(2)27(11-18-19(28)26-20(29)25-18)33(30,31)17-9-3-14(4-10-17)12-32-16-7-5-15(6-8-16)21(22,23)24/h3-10,13,18H,11-12H2,1-2H3,(H2,25,26,28,29)/t18-/m0/s1. The third-order valence-electron chi connectivity index (χ3n) is 4.91. The van der Waals surface area contributed by atoms with E-state index in [9.17, 15) is 31.2 Å². The van der Waals surface area contributed by atoms with Crippen LogP contribution in [-0.4, -0.2) is 43.3 Å². The highest BCUT2D eigenvalue weighted by Crippen LogP contribution is 2.30. The average Bonchev–Trinajstić information content (AvgIpc) is 3.06. The van der Waals surface area contributed by atoms with Gasteiger partial charge >= 0.3 is 12.2 Å². The molecule has 3 rings (SSSR count). The summed E-state index contributed by atoms with van der Waals surface area (Å²) in [5.41, 5.74) is -0.179. The number of hydrogen-bond acceptors (Lipinski definition) is 5. The summed E-state index contributed by atoms with van der Waals surface area (Å²) in [5.74, 6) is -0.362. The number of hydrogen-bond donors (Lipinski definition) is 2. The maximum Gasteiger partial charge on any atom is 0.416 e. The molecule has 3 amide bonds. The first-order chi connectivity index (χ1) is 15.4. The maximum absolute atomic E-state index is 13.1. The fourth-order valence-corrected chi connectivity index (χ4v) is 4.80. The number of urea groups is 1. The minimum atomic E-state index is -4.43. The number of ether oxygens (including phenoxy) is 1. The molecule has 2 aromatic carbocycles. The number of nitrogens with one attached hydrogen (secondary N) is 2. The molecule has 0 aliphatic carbocycles. The van der Waals surface area contributed by atoms with E-state index in [1.807, 2.05) is 0 Å². The molecule has 1 aliphatic heterocycles. The quantitative estimate of drug-likeness (QED) is 0.560. The first-order valence-electron chi connectivity index (χ1n) is 9.90. The lowest BCUT2D eigenvalue weighted by Gasteiger charge is -2.27. The van der Waals surface area contributed by atoms with Gasteiger partial charge in [-0.15, -0.1) is 0 Å². The molecule has 2 N–H and O–H groups in total. The summed E-state index contributed by atoms with van der Waals surface area (Å²) in [4.78, 5) is 23.1. The Morgan fingerprint density at radius 3 is 2.12 bits per heavy atom. The van der Waals surface area contributed by atoms with Crippen molar-refractivity contribution in [3.63, 3.8) is 0 Å². The van der Waals surface area contributed by atoms with E-state index >= 15 is 0 Å². The monoisotopic (exact) mass is 485 g/mol. The molecule has 0 aromatic heterocycles. The summed E-state index contributed by atoms with van der Waals surface area (Å²) < 4.78 is 70.7. The zero-order valence-electron chi connectivity index (χ0n) is 17.7. The summed E-state index contributed by atoms with van der Waals surface area (Å²) in [5, 5.41) is 4.45. The van der Waals surface area contributed by atoms with Crippen LogP contribution in [0.2, 0.25) is 0 Å². The van der Waals surface area contributed by atoms with Crippen LogP contribution in [-0.2, 0) is 27.6 Å². The molecule has 1 aliphatic rings. The second kappa shape index (κ2) is 9.40. The Bertz CT molecular complexity index is 1120. The van der Waals surface area contributed by atoms with Crippen molar-refractivity contribution < 1.29 is 35.9 Å². The van der Waals surface area contributed by atoms with Gasteiger partial charge in [-0.2, -0.15) is 17.5 Å². The van der Waals surface area contributed by atoms with Crippen molar-refractivity contribution >= 4 is 22.0 Å². The van der Waals surface area contributed by atoms with Gasteiger partial charge in [0, 0.05) is 12.6 Å². The smallest absolute Gasteiger partial charge is 0.416 e. The van der Waals surface area contributed by atoms with Crippen LogP contribution < -0.4 is 15.4 Å². The van der Waals surface area contributed by atoms with Crippen LogP contribution in [0.4, 0.5) is 18.0 Å². The third-order valence-corrected chi connectivity index (χ3v) is 6.97.